The van der Waals surface area contributed by atoms with E-state index in [4.69, 9.17) is 0 Å². The quantitative estimate of drug-likeness (QED) is 0.700. The average molecular weight is 458 g/mol. The number of imide groups is 1. The van der Waals surface area contributed by atoms with Crippen molar-refractivity contribution in [1.29, 1.82) is 0 Å². The molecule has 0 bridgehead atoms. The second-order valence-corrected chi connectivity index (χ2v) is 8.02. The summed E-state index contributed by atoms with van der Waals surface area (Å²) in [5.74, 6) is -0.719. The van der Waals surface area contributed by atoms with Gasteiger partial charge in [0.2, 0.25) is 17.7 Å². The van der Waals surface area contributed by atoms with Crippen molar-refractivity contribution < 1.29 is 14.4 Å². The highest BCUT2D eigenvalue weighted by Gasteiger charge is 2.47. The number of anilines is 1. The van der Waals surface area contributed by atoms with Gasteiger partial charge in [-0.25, -0.2) is 0 Å². The highest BCUT2D eigenvalue weighted by atomic mass is 79.9. The SMILES string of the molecule is O=C(CCN1C(=O)C2CCCCC2C1=O)Nc1ccc(Br)cc1Br. The van der Waals surface area contributed by atoms with Crippen molar-refractivity contribution in [1.82, 2.24) is 4.90 Å². The van der Waals surface area contributed by atoms with Crippen molar-refractivity contribution in [3.05, 3.63) is 27.1 Å². The Kier molecular flexibility index (Phi) is 5.39. The monoisotopic (exact) mass is 456 g/mol. The van der Waals surface area contributed by atoms with Crippen LogP contribution in [0, 0.1) is 11.8 Å². The lowest BCUT2D eigenvalue weighted by Gasteiger charge is -2.19. The van der Waals surface area contributed by atoms with Gasteiger partial charge in [0.15, 0.2) is 0 Å². The van der Waals surface area contributed by atoms with E-state index >= 15 is 0 Å². The minimum absolute atomic E-state index is 0.0951. The third-order valence-electron chi connectivity index (χ3n) is 4.70. The van der Waals surface area contributed by atoms with Crippen LogP contribution in [0.3, 0.4) is 0 Å². The largest absolute Gasteiger partial charge is 0.325 e. The Hall–Kier alpha value is -1.21. The summed E-state index contributed by atoms with van der Waals surface area (Å²) in [6, 6.07) is 5.46. The molecule has 1 saturated carbocycles. The first-order valence-corrected chi connectivity index (χ1v) is 9.66. The van der Waals surface area contributed by atoms with Crippen LogP contribution in [0.15, 0.2) is 27.1 Å². The zero-order valence-electron chi connectivity index (χ0n) is 13.1. The number of benzene rings is 1. The van der Waals surface area contributed by atoms with Gasteiger partial charge in [-0.05, 0) is 47.0 Å². The summed E-state index contributed by atoms with van der Waals surface area (Å²) in [5.41, 5.74) is 0.663. The van der Waals surface area contributed by atoms with E-state index in [2.05, 4.69) is 37.2 Å². The van der Waals surface area contributed by atoms with E-state index in [1.54, 1.807) is 6.07 Å². The van der Waals surface area contributed by atoms with Crippen LogP contribution in [0.25, 0.3) is 0 Å². The second kappa shape index (κ2) is 7.35. The molecule has 0 radical (unpaired) electrons. The van der Waals surface area contributed by atoms with E-state index in [0.29, 0.717) is 5.69 Å². The Morgan fingerprint density at radius 3 is 2.33 bits per heavy atom. The fourth-order valence-electron chi connectivity index (χ4n) is 3.47. The molecule has 128 valence electrons. The Bertz CT molecular complexity index is 668. The van der Waals surface area contributed by atoms with Crippen LogP contribution < -0.4 is 5.32 Å². The number of hydrogen-bond acceptors (Lipinski definition) is 3. The van der Waals surface area contributed by atoms with Gasteiger partial charge in [-0.2, -0.15) is 0 Å². The van der Waals surface area contributed by atoms with Gasteiger partial charge in [-0.1, -0.05) is 28.8 Å². The molecule has 2 aliphatic rings. The number of hydrogen-bond donors (Lipinski definition) is 1. The molecule has 5 nitrogen and oxygen atoms in total. The average Bonchev–Trinajstić information content (AvgIpc) is 2.80. The molecule has 2 fully saturated rings. The second-order valence-electron chi connectivity index (χ2n) is 6.25. The fraction of sp³-hybridized carbons (Fsp3) is 0.471. The zero-order chi connectivity index (χ0) is 17.3. The lowest BCUT2D eigenvalue weighted by Crippen LogP contribution is -2.34. The van der Waals surface area contributed by atoms with E-state index in [0.717, 1.165) is 34.6 Å². The zero-order valence-corrected chi connectivity index (χ0v) is 16.2. The molecule has 2 atom stereocenters. The topological polar surface area (TPSA) is 66.5 Å². The number of halogens is 2. The molecule has 1 N–H and O–H groups in total. The van der Waals surface area contributed by atoms with Crippen LogP contribution in [-0.4, -0.2) is 29.2 Å². The van der Waals surface area contributed by atoms with Gasteiger partial charge in [0, 0.05) is 21.9 Å². The van der Waals surface area contributed by atoms with Crippen molar-refractivity contribution in [3.8, 4) is 0 Å². The molecule has 24 heavy (non-hydrogen) atoms. The van der Waals surface area contributed by atoms with Crippen LogP contribution in [0.2, 0.25) is 0 Å². The smallest absolute Gasteiger partial charge is 0.233 e. The molecular formula is C17H18Br2N2O3. The predicted molar refractivity (Wildman–Crippen MR) is 97.3 cm³/mol. The molecule has 0 aromatic heterocycles. The van der Waals surface area contributed by atoms with Crippen LogP contribution in [0.4, 0.5) is 5.69 Å². The molecule has 1 heterocycles. The van der Waals surface area contributed by atoms with Gasteiger partial charge in [-0.15, -0.1) is 0 Å². The Morgan fingerprint density at radius 1 is 1.12 bits per heavy atom. The third-order valence-corrected chi connectivity index (χ3v) is 5.85. The first-order chi connectivity index (χ1) is 11.5. The molecule has 3 rings (SSSR count). The Balaban J connectivity index is 1.58. The highest BCUT2D eigenvalue weighted by Crippen LogP contribution is 2.38. The molecule has 2 unspecified atom stereocenters. The molecule has 1 aromatic carbocycles. The number of fused-ring (bicyclic) bond motifs is 1. The number of carbonyl (C=O) groups excluding carboxylic acids is 3. The van der Waals surface area contributed by atoms with Gasteiger partial charge in [0.1, 0.15) is 0 Å². The Labute approximate surface area is 157 Å². The molecule has 0 spiro atoms. The third kappa shape index (κ3) is 3.57. The van der Waals surface area contributed by atoms with E-state index in [1.807, 2.05) is 12.1 Å². The summed E-state index contributed by atoms with van der Waals surface area (Å²) in [6.45, 7) is 0.157. The van der Waals surface area contributed by atoms with E-state index in [1.165, 1.54) is 4.90 Å². The summed E-state index contributed by atoms with van der Waals surface area (Å²) in [5, 5.41) is 2.80. The highest BCUT2D eigenvalue weighted by molar-refractivity contribution is 9.11. The summed E-state index contributed by atoms with van der Waals surface area (Å²) in [4.78, 5) is 38.2. The minimum atomic E-state index is -0.214. The molecule has 1 saturated heterocycles. The maximum Gasteiger partial charge on any atom is 0.233 e. The van der Waals surface area contributed by atoms with Crippen molar-refractivity contribution in [2.75, 3.05) is 11.9 Å². The van der Waals surface area contributed by atoms with Crippen molar-refractivity contribution in [2.45, 2.75) is 32.1 Å². The van der Waals surface area contributed by atoms with Gasteiger partial charge in [0.05, 0.1) is 17.5 Å². The number of nitrogens with one attached hydrogen (secondary N) is 1. The number of likely N-dealkylation sites (tertiary alicyclic amines) is 1. The maximum atomic E-state index is 12.4. The van der Waals surface area contributed by atoms with Crippen molar-refractivity contribution in [2.24, 2.45) is 11.8 Å². The van der Waals surface area contributed by atoms with Crippen LogP contribution in [-0.2, 0) is 14.4 Å². The van der Waals surface area contributed by atoms with E-state index < -0.39 is 0 Å². The minimum Gasteiger partial charge on any atom is -0.325 e. The van der Waals surface area contributed by atoms with Crippen molar-refractivity contribution in [3.63, 3.8) is 0 Å². The summed E-state index contributed by atoms with van der Waals surface area (Å²) in [7, 11) is 0. The molecule has 1 aliphatic carbocycles. The molecule has 1 aliphatic heterocycles. The predicted octanol–water partition coefficient (Wildman–Crippen LogP) is 3.72. The first-order valence-electron chi connectivity index (χ1n) is 8.07. The van der Waals surface area contributed by atoms with Crippen molar-refractivity contribution >= 4 is 55.3 Å². The molecule has 3 amide bonds. The fourth-order valence-corrected chi connectivity index (χ4v) is 4.61. The maximum absolute atomic E-state index is 12.4. The van der Waals surface area contributed by atoms with Gasteiger partial charge in [0.25, 0.3) is 0 Å². The standard InChI is InChI=1S/C17H18Br2N2O3/c18-10-5-6-14(13(19)9-10)20-15(22)7-8-21-16(23)11-3-1-2-4-12(11)17(21)24/h5-6,9,11-12H,1-4,7-8H2,(H,20,22). The molecule has 7 heteroatoms. The number of rotatable bonds is 4. The van der Waals surface area contributed by atoms with E-state index in [9.17, 15) is 14.4 Å². The summed E-state index contributed by atoms with van der Waals surface area (Å²) < 4.78 is 1.67. The van der Waals surface area contributed by atoms with Crippen LogP contribution in [0.1, 0.15) is 32.1 Å². The summed E-state index contributed by atoms with van der Waals surface area (Å²) in [6.07, 6.45) is 3.71. The lowest BCUT2D eigenvalue weighted by molar-refractivity contribution is -0.140. The van der Waals surface area contributed by atoms with Crippen LogP contribution >= 0.6 is 31.9 Å². The first kappa shape index (κ1) is 17.6. The van der Waals surface area contributed by atoms with E-state index in [-0.39, 0.29) is 42.5 Å². The summed E-state index contributed by atoms with van der Waals surface area (Å²) >= 11 is 6.75. The van der Waals surface area contributed by atoms with Gasteiger partial charge in [-0.3, -0.25) is 19.3 Å². The van der Waals surface area contributed by atoms with Gasteiger partial charge >= 0.3 is 0 Å². The molecular weight excluding hydrogens is 440 g/mol. The normalized spacial score (nSPS) is 23.3. The van der Waals surface area contributed by atoms with Gasteiger partial charge < -0.3 is 5.32 Å². The number of amides is 3. The molecule has 1 aromatic rings. The van der Waals surface area contributed by atoms with Crippen LogP contribution in [0.5, 0.6) is 0 Å². The lowest BCUT2D eigenvalue weighted by atomic mass is 9.81. The number of carbonyl (C=O) groups is 3. The number of nitrogens with zero attached hydrogens (tertiary/aromatic N) is 1. The Morgan fingerprint density at radius 2 is 1.75 bits per heavy atom.